The number of thioether (sulfide) groups is 1. The van der Waals surface area contributed by atoms with E-state index in [1.165, 1.54) is 24.4 Å². The summed E-state index contributed by atoms with van der Waals surface area (Å²) in [6.07, 6.45) is 3.80. The van der Waals surface area contributed by atoms with Crippen LogP contribution in [-0.2, 0) is 5.54 Å². The van der Waals surface area contributed by atoms with Crippen LogP contribution in [0.15, 0.2) is 35.5 Å². The van der Waals surface area contributed by atoms with E-state index in [0.717, 1.165) is 11.8 Å². The maximum Gasteiger partial charge on any atom is 0.274 e. The van der Waals surface area contributed by atoms with Crippen molar-refractivity contribution in [2.24, 2.45) is 16.6 Å². The van der Waals surface area contributed by atoms with Crippen molar-refractivity contribution in [3.05, 3.63) is 53.1 Å². The highest BCUT2D eigenvalue weighted by Gasteiger charge is 2.71. The molecule has 1 amide bonds. The van der Waals surface area contributed by atoms with Crippen LogP contribution in [0.25, 0.3) is 0 Å². The van der Waals surface area contributed by atoms with Gasteiger partial charge in [0.25, 0.3) is 12.3 Å². The van der Waals surface area contributed by atoms with Gasteiger partial charge in [0.2, 0.25) is 0 Å². The molecule has 10 heteroatoms. The van der Waals surface area contributed by atoms with Crippen molar-refractivity contribution in [1.82, 2.24) is 4.98 Å². The fourth-order valence-corrected chi connectivity index (χ4v) is 5.71. The SMILES string of the molecule is C#C[C@H](C)Oc1cnc(C(=O)Nc2ccc(F)c([C@]3(C)N=C(N)S[C@@]4(C(F)F)C[C@@H]34)c2)c(C)c1. The minimum absolute atomic E-state index is 0.00771. The molecule has 3 N–H and O–H groups in total. The molecule has 1 fully saturated rings. The van der Waals surface area contributed by atoms with Crippen LogP contribution in [-0.4, -0.2) is 33.3 Å². The maximum absolute atomic E-state index is 14.9. The van der Waals surface area contributed by atoms with Crippen LogP contribution < -0.4 is 15.8 Å². The van der Waals surface area contributed by atoms with Crippen LogP contribution in [0.2, 0.25) is 0 Å². The lowest BCUT2D eigenvalue weighted by Gasteiger charge is -2.34. The predicted octanol–water partition coefficient (Wildman–Crippen LogP) is 4.48. The standard InChI is InChI=1S/C24H23F3N4O2S/c1-5-13(3)33-15-8-12(2)19(29-11-15)20(32)30-14-6-7-17(25)16(9-14)23(4)18-10-24(18,21(26)27)34-22(28)31-23/h1,6-9,11,13,18,21H,10H2,2-4H3,(H2,28,31)(H,30,32)/t13-,18-,23-,24-/m0/s1. The molecular formula is C24H23F3N4O2S. The number of nitrogens with one attached hydrogen (secondary N) is 1. The molecule has 178 valence electrons. The first-order chi connectivity index (χ1) is 16.0. The number of nitrogens with zero attached hydrogens (tertiary/aromatic N) is 2. The van der Waals surface area contributed by atoms with Crippen LogP contribution in [0, 0.1) is 31.0 Å². The summed E-state index contributed by atoms with van der Waals surface area (Å²) in [7, 11) is 0. The second kappa shape index (κ2) is 8.55. The number of benzene rings is 1. The van der Waals surface area contributed by atoms with Gasteiger partial charge in [0, 0.05) is 17.2 Å². The number of pyridine rings is 1. The summed E-state index contributed by atoms with van der Waals surface area (Å²) in [4.78, 5) is 21.4. The van der Waals surface area contributed by atoms with Crippen LogP contribution in [0.3, 0.4) is 0 Å². The van der Waals surface area contributed by atoms with E-state index in [0.29, 0.717) is 11.3 Å². The molecular weight excluding hydrogens is 465 g/mol. The minimum atomic E-state index is -2.62. The number of nitrogens with two attached hydrogens (primary N) is 1. The first kappa shape index (κ1) is 24.0. The zero-order valence-corrected chi connectivity index (χ0v) is 19.6. The second-order valence-electron chi connectivity index (χ2n) is 8.62. The van der Waals surface area contributed by atoms with Crippen LogP contribution in [0.1, 0.15) is 41.9 Å². The van der Waals surface area contributed by atoms with Crippen molar-refractivity contribution >= 4 is 28.5 Å². The number of ether oxygens (including phenoxy) is 1. The smallest absolute Gasteiger partial charge is 0.274 e. The maximum atomic E-state index is 14.9. The van der Waals surface area contributed by atoms with Crippen molar-refractivity contribution in [1.29, 1.82) is 0 Å². The summed E-state index contributed by atoms with van der Waals surface area (Å²) < 4.78 is 46.6. The first-order valence-electron chi connectivity index (χ1n) is 10.5. The van der Waals surface area contributed by atoms with Gasteiger partial charge in [0.15, 0.2) is 11.3 Å². The predicted molar refractivity (Wildman–Crippen MR) is 126 cm³/mol. The molecule has 2 heterocycles. The molecule has 2 aliphatic rings. The Labute approximate surface area is 199 Å². The van der Waals surface area contributed by atoms with Crippen molar-refractivity contribution in [2.45, 2.75) is 50.0 Å². The number of carbonyl (C=O) groups is 1. The number of hydrogen-bond acceptors (Lipinski definition) is 6. The Morgan fingerprint density at radius 1 is 1.41 bits per heavy atom. The highest BCUT2D eigenvalue weighted by atomic mass is 32.2. The first-order valence-corrected chi connectivity index (χ1v) is 11.3. The lowest BCUT2D eigenvalue weighted by Crippen LogP contribution is -2.38. The van der Waals surface area contributed by atoms with Gasteiger partial charge in [-0.2, -0.15) is 0 Å². The van der Waals surface area contributed by atoms with Crippen molar-refractivity contribution < 1.29 is 22.7 Å². The number of alkyl halides is 2. The molecule has 0 saturated heterocycles. The molecule has 1 aliphatic heterocycles. The van der Waals surface area contributed by atoms with E-state index >= 15 is 0 Å². The largest absolute Gasteiger partial charge is 0.476 e. The van der Waals surface area contributed by atoms with Crippen molar-refractivity contribution in [3.8, 4) is 18.1 Å². The second-order valence-corrected chi connectivity index (χ2v) is 10.0. The van der Waals surface area contributed by atoms with E-state index in [9.17, 15) is 18.0 Å². The van der Waals surface area contributed by atoms with E-state index in [1.807, 2.05) is 0 Å². The zero-order valence-electron chi connectivity index (χ0n) is 18.7. The Balaban J connectivity index is 1.60. The molecule has 0 spiro atoms. The summed E-state index contributed by atoms with van der Waals surface area (Å²) in [5.74, 6) is 1.15. The average molecular weight is 489 g/mol. The fourth-order valence-electron chi connectivity index (χ4n) is 4.38. The van der Waals surface area contributed by atoms with Gasteiger partial charge in [-0.1, -0.05) is 17.7 Å². The van der Waals surface area contributed by atoms with Gasteiger partial charge < -0.3 is 15.8 Å². The fraction of sp³-hybridized carbons (Fsp3) is 0.375. The lowest BCUT2D eigenvalue weighted by atomic mass is 9.85. The van der Waals surface area contributed by atoms with Crippen LogP contribution in [0.4, 0.5) is 18.9 Å². The third-order valence-electron chi connectivity index (χ3n) is 6.22. The molecule has 4 rings (SSSR count). The zero-order chi connectivity index (χ0) is 24.8. The van der Waals surface area contributed by atoms with Gasteiger partial charge in [0.05, 0.1) is 16.5 Å². The number of halogens is 3. The molecule has 1 aromatic carbocycles. The van der Waals surface area contributed by atoms with Gasteiger partial charge in [0.1, 0.15) is 17.3 Å². The Morgan fingerprint density at radius 2 is 2.15 bits per heavy atom. The number of aliphatic imine (C=N–C) groups is 1. The number of amidine groups is 1. The van der Waals surface area contributed by atoms with Gasteiger partial charge >= 0.3 is 0 Å². The monoisotopic (exact) mass is 488 g/mol. The molecule has 6 nitrogen and oxygen atoms in total. The highest BCUT2D eigenvalue weighted by Crippen LogP contribution is 2.68. The van der Waals surface area contributed by atoms with E-state index in [2.05, 4.69) is 21.2 Å². The highest BCUT2D eigenvalue weighted by molar-refractivity contribution is 8.15. The third-order valence-corrected chi connectivity index (χ3v) is 7.53. The molecule has 1 saturated carbocycles. The average Bonchev–Trinajstić information content (AvgIpc) is 3.52. The summed E-state index contributed by atoms with van der Waals surface area (Å²) in [5, 5.41) is 2.68. The van der Waals surface area contributed by atoms with Crippen molar-refractivity contribution in [3.63, 3.8) is 0 Å². The van der Waals surface area contributed by atoms with Crippen molar-refractivity contribution in [2.75, 3.05) is 5.32 Å². The minimum Gasteiger partial charge on any atom is -0.476 e. The topological polar surface area (TPSA) is 89.6 Å². The summed E-state index contributed by atoms with van der Waals surface area (Å²) in [6.45, 7) is 5.00. The molecule has 34 heavy (non-hydrogen) atoms. The number of rotatable bonds is 6. The molecule has 1 aliphatic carbocycles. The summed E-state index contributed by atoms with van der Waals surface area (Å²) in [6, 6.07) is 5.62. The number of aryl methyl sites for hydroxylation is 1. The number of amides is 1. The number of terminal acetylenes is 1. The third kappa shape index (κ3) is 4.09. The van der Waals surface area contributed by atoms with E-state index < -0.39 is 40.5 Å². The number of fused-ring (bicyclic) bond motifs is 1. The molecule has 0 bridgehead atoms. The van der Waals surface area contributed by atoms with E-state index in [-0.39, 0.29) is 28.5 Å². The van der Waals surface area contributed by atoms with Gasteiger partial charge in [-0.15, -0.1) is 6.42 Å². The summed E-state index contributed by atoms with van der Waals surface area (Å²) >= 11 is 0.850. The quantitative estimate of drug-likeness (QED) is 0.585. The lowest BCUT2D eigenvalue weighted by molar-refractivity contribution is 0.102. The Hall–Kier alpha value is -3.19. The number of aromatic nitrogens is 1. The normalized spacial score (nSPS) is 26.2. The van der Waals surface area contributed by atoms with Gasteiger partial charge in [-0.3, -0.25) is 9.79 Å². The van der Waals surface area contributed by atoms with Gasteiger partial charge in [-0.25, -0.2) is 18.2 Å². The van der Waals surface area contributed by atoms with E-state index in [1.54, 1.807) is 26.8 Å². The number of hydrogen-bond donors (Lipinski definition) is 2. The molecule has 0 radical (unpaired) electrons. The van der Waals surface area contributed by atoms with Crippen LogP contribution in [0.5, 0.6) is 5.75 Å². The Kier molecular flexibility index (Phi) is 6.02. The Morgan fingerprint density at radius 3 is 2.79 bits per heavy atom. The summed E-state index contributed by atoms with van der Waals surface area (Å²) in [5.41, 5.74) is 5.65. The number of anilines is 1. The Bertz CT molecular complexity index is 1230. The van der Waals surface area contributed by atoms with Crippen LogP contribution >= 0.6 is 11.8 Å². The van der Waals surface area contributed by atoms with Gasteiger partial charge in [-0.05, 0) is 57.0 Å². The van der Waals surface area contributed by atoms with E-state index in [4.69, 9.17) is 16.9 Å². The molecule has 1 aromatic heterocycles. The number of carbonyl (C=O) groups excluding carboxylic acids is 1. The molecule has 0 unspecified atom stereocenters. The molecule has 4 atom stereocenters. The molecule has 2 aromatic rings.